The summed E-state index contributed by atoms with van der Waals surface area (Å²) in [7, 11) is 0. The van der Waals surface area contributed by atoms with E-state index in [9.17, 15) is 4.39 Å². The summed E-state index contributed by atoms with van der Waals surface area (Å²) in [5.41, 5.74) is 0. The van der Waals surface area contributed by atoms with Crippen LogP contribution in [0.3, 0.4) is 0 Å². The molecule has 0 aromatic rings. The third-order valence-corrected chi connectivity index (χ3v) is 4.57. The number of alkyl halides is 1. The highest BCUT2D eigenvalue weighted by Crippen LogP contribution is 2.14. The minimum absolute atomic E-state index is 0.585. The third-order valence-electron chi connectivity index (χ3n) is 4.57. The molecule has 0 spiro atoms. The van der Waals surface area contributed by atoms with Crippen LogP contribution in [0.5, 0.6) is 0 Å². The van der Waals surface area contributed by atoms with Crippen molar-refractivity contribution in [2.24, 2.45) is 0 Å². The fourth-order valence-corrected chi connectivity index (χ4v) is 3.01. The summed E-state index contributed by atoms with van der Waals surface area (Å²) < 4.78 is 12.0. The highest BCUT2D eigenvalue weighted by Gasteiger charge is 2.01. The first-order valence-corrected chi connectivity index (χ1v) is 10.0. The van der Waals surface area contributed by atoms with Crippen LogP contribution in [-0.2, 0) is 0 Å². The molecule has 1 N–H and O–H groups in total. The third kappa shape index (κ3) is 17.9. The molecule has 0 aliphatic carbocycles. The van der Waals surface area contributed by atoms with Gasteiger partial charge in [-0.3, -0.25) is 0 Å². The van der Waals surface area contributed by atoms with Gasteiger partial charge >= 0.3 is 0 Å². The van der Waals surface area contributed by atoms with Crippen molar-refractivity contribution in [3.05, 3.63) is 0 Å². The van der Waals surface area contributed by atoms with Gasteiger partial charge in [0.1, 0.15) is 6.67 Å². The van der Waals surface area contributed by atoms with Crippen molar-refractivity contribution in [1.29, 1.82) is 0 Å². The topological polar surface area (TPSA) is 20.2 Å². The van der Waals surface area contributed by atoms with Crippen molar-refractivity contribution >= 4 is 0 Å². The van der Waals surface area contributed by atoms with Gasteiger partial charge in [0.05, 0.1) is 6.10 Å². The van der Waals surface area contributed by atoms with Crippen molar-refractivity contribution in [3.63, 3.8) is 0 Å². The molecule has 0 aromatic heterocycles. The van der Waals surface area contributed by atoms with Crippen LogP contribution in [0.2, 0.25) is 0 Å². The standard InChI is InChI=1S/C20H41FO/c1-2-3-4-5-6-7-8-9-10-11-12-13-14-15-16-17-18-20(22)19-21/h20,22H,2-19H2,1H3. The maximum Gasteiger partial charge on any atom is 0.115 e. The molecule has 22 heavy (non-hydrogen) atoms. The van der Waals surface area contributed by atoms with Gasteiger partial charge in [-0.15, -0.1) is 0 Å². The first kappa shape index (κ1) is 21.9. The Labute approximate surface area is 139 Å². The van der Waals surface area contributed by atoms with E-state index in [4.69, 9.17) is 5.11 Å². The molecule has 0 amide bonds. The smallest absolute Gasteiger partial charge is 0.115 e. The molecule has 0 aromatic carbocycles. The highest BCUT2D eigenvalue weighted by atomic mass is 19.1. The zero-order chi connectivity index (χ0) is 16.3. The number of hydrogen-bond donors (Lipinski definition) is 1. The summed E-state index contributed by atoms with van der Waals surface area (Å²) in [5.74, 6) is 0. The van der Waals surface area contributed by atoms with Gasteiger partial charge in [0.25, 0.3) is 0 Å². The summed E-state index contributed by atoms with van der Waals surface area (Å²) in [4.78, 5) is 0. The monoisotopic (exact) mass is 316 g/mol. The summed E-state index contributed by atoms with van der Waals surface area (Å²) in [6.45, 7) is 1.69. The van der Waals surface area contributed by atoms with E-state index in [-0.39, 0.29) is 0 Å². The second-order valence-electron chi connectivity index (χ2n) is 6.90. The van der Waals surface area contributed by atoms with Gasteiger partial charge in [0, 0.05) is 0 Å². The summed E-state index contributed by atoms with van der Waals surface area (Å²) in [5, 5.41) is 9.10. The largest absolute Gasteiger partial charge is 0.390 e. The number of aliphatic hydroxyl groups excluding tert-OH is 1. The lowest BCUT2D eigenvalue weighted by Crippen LogP contribution is -2.07. The van der Waals surface area contributed by atoms with Crippen molar-refractivity contribution in [2.45, 2.75) is 122 Å². The second-order valence-corrected chi connectivity index (χ2v) is 6.90. The van der Waals surface area contributed by atoms with Gasteiger partial charge in [0.2, 0.25) is 0 Å². The van der Waals surface area contributed by atoms with Crippen molar-refractivity contribution < 1.29 is 9.50 Å². The first-order valence-electron chi connectivity index (χ1n) is 10.0. The molecule has 2 heteroatoms. The Balaban J connectivity index is 2.97. The molecule has 0 rings (SSSR count). The number of aliphatic hydroxyl groups is 1. The lowest BCUT2D eigenvalue weighted by atomic mass is 10.0. The molecule has 0 saturated heterocycles. The Morgan fingerprint density at radius 1 is 0.591 bits per heavy atom. The van der Waals surface area contributed by atoms with Crippen LogP contribution in [0.15, 0.2) is 0 Å². The molecule has 134 valence electrons. The molecular weight excluding hydrogens is 275 g/mol. The van der Waals surface area contributed by atoms with Gasteiger partial charge in [0.15, 0.2) is 0 Å². The van der Waals surface area contributed by atoms with Crippen molar-refractivity contribution in [3.8, 4) is 0 Å². The van der Waals surface area contributed by atoms with Crippen LogP contribution in [0.25, 0.3) is 0 Å². The molecule has 0 heterocycles. The molecule has 0 aliphatic rings. The van der Waals surface area contributed by atoms with Gasteiger partial charge < -0.3 is 5.11 Å². The number of unbranched alkanes of at least 4 members (excludes halogenated alkanes) is 15. The second kappa shape index (κ2) is 18.9. The summed E-state index contributed by atoms with van der Waals surface area (Å²) >= 11 is 0. The molecule has 0 saturated carbocycles. The molecule has 0 fully saturated rings. The maximum absolute atomic E-state index is 12.0. The molecular formula is C20H41FO. The zero-order valence-corrected chi connectivity index (χ0v) is 15.1. The van der Waals surface area contributed by atoms with E-state index < -0.39 is 12.8 Å². The fourth-order valence-electron chi connectivity index (χ4n) is 3.01. The van der Waals surface area contributed by atoms with E-state index in [0.717, 1.165) is 12.8 Å². The molecule has 1 atom stereocenters. The summed E-state index contributed by atoms with van der Waals surface area (Å²) in [6, 6.07) is 0. The average molecular weight is 317 g/mol. The number of halogens is 1. The SMILES string of the molecule is CCCCCCCCCCCCCCCCCCC(O)CF. The van der Waals surface area contributed by atoms with Gasteiger partial charge in [-0.2, -0.15) is 0 Å². The Bertz CT molecular complexity index is 196. The lowest BCUT2D eigenvalue weighted by molar-refractivity contribution is 0.128. The van der Waals surface area contributed by atoms with E-state index in [1.807, 2.05) is 0 Å². The molecule has 1 unspecified atom stereocenters. The van der Waals surface area contributed by atoms with Crippen LogP contribution in [0, 0.1) is 0 Å². The molecule has 0 aliphatic heterocycles. The van der Waals surface area contributed by atoms with Crippen molar-refractivity contribution in [1.82, 2.24) is 0 Å². The Hall–Kier alpha value is -0.110. The highest BCUT2D eigenvalue weighted by molar-refractivity contribution is 4.54. The average Bonchev–Trinajstić information content (AvgIpc) is 2.54. The predicted octanol–water partition coefficient (Wildman–Crippen LogP) is 6.97. The fraction of sp³-hybridized carbons (Fsp3) is 1.00. The Kier molecular flexibility index (Phi) is 18.8. The predicted molar refractivity (Wildman–Crippen MR) is 96.1 cm³/mol. The van der Waals surface area contributed by atoms with E-state index in [2.05, 4.69) is 6.92 Å². The minimum Gasteiger partial charge on any atom is -0.390 e. The van der Waals surface area contributed by atoms with Crippen LogP contribution in [0.4, 0.5) is 4.39 Å². The maximum atomic E-state index is 12.0. The molecule has 0 radical (unpaired) electrons. The molecule has 1 nitrogen and oxygen atoms in total. The minimum atomic E-state index is -0.716. The summed E-state index contributed by atoms with van der Waals surface area (Å²) in [6.07, 6.45) is 21.5. The number of rotatable bonds is 18. The number of hydrogen-bond acceptors (Lipinski definition) is 1. The van der Waals surface area contributed by atoms with Crippen LogP contribution in [0.1, 0.15) is 116 Å². The van der Waals surface area contributed by atoms with Crippen LogP contribution >= 0.6 is 0 Å². The van der Waals surface area contributed by atoms with Gasteiger partial charge in [-0.05, 0) is 6.42 Å². The Morgan fingerprint density at radius 3 is 1.23 bits per heavy atom. The zero-order valence-electron chi connectivity index (χ0n) is 15.1. The van der Waals surface area contributed by atoms with Crippen molar-refractivity contribution in [2.75, 3.05) is 6.67 Å². The normalized spacial score (nSPS) is 12.7. The van der Waals surface area contributed by atoms with Gasteiger partial charge in [-0.25, -0.2) is 4.39 Å². The van der Waals surface area contributed by atoms with E-state index in [1.165, 1.54) is 89.9 Å². The first-order chi connectivity index (χ1) is 10.8. The van der Waals surface area contributed by atoms with Crippen LogP contribution in [-0.4, -0.2) is 17.9 Å². The van der Waals surface area contributed by atoms with Gasteiger partial charge in [-0.1, -0.05) is 110 Å². The van der Waals surface area contributed by atoms with E-state index in [1.54, 1.807) is 0 Å². The lowest BCUT2D eigenvalue weighted by Gasteiger charge is -2.05. The van der Waals surface area contributed by atoms with E-state index in [0.29, 0.717) is 6.42 Å². The van der Waals surface area contributed by atoms with E-state index >= 15 is 0 Å². The van der Waals surface area contributed by atoms with Crippen LogP contribution < -0.4 is 0 Å². The quantitative estimate of drug-likeness (QED) is 0.271. The molecule has 0 bridgehead atoms. The Morgan fingerprint density at radius 2 is 0.909 bits per heavy atom.